The molecule has 0 aromatic heterocycles. The second kappa shape index (κ2) is 12.0. The first-order chi connectivity index (χ1) is 1.41. The van der Waals surface area contributed by atoms with E-state index in [2.05, 4.69) is 0 Å². The van der Waals surface area contributed by atoms with Crippen molar-refractivity contribution < 1.29 is 27.3 Å². The number of aliphatic hydroxyl groups excluding tert-OH is 1. The molecule has 0 aromatic carbocycles. The Morgan fingerprint density at radius 1 is 1.75 bits per heavy atom. The summed E-state index contributed by atoms with van der Waals surface area (Å²) in [6.45, 7) is 0.500. The van der Waals surface area contributed by atoms with Gasteiger partial charge in [-0.25, -0.2) is 0 Å². The van der Waals surface area contributed by atoms with Gasteiger partial charge in [0.2, 0.25) is 0 Å². The first kappa shape index (κ1) is 9.00. The fourth-order valence-electron chi connectivity index (χ4n) is 0. The summed E-state index contributed by atoms with van der Waals surface area (Å²) in [5.41, 5.74) is 0. The van der Waals surface area contributed by atoms with Gasteiger partial charge >= 0.3 is 0 Å². The maximum absolute atomic E-state index is 8.24. The Hall–Kier alpha value is 0.00247. The molecule has 0 radical (unpaired) electrons. The van der Waals surface area contributed by atoms with Crippen LogP contribution < -0.4 is 0 Å². The van der Waals surface area contributed by atoms with Gasteiger partial charge in [0.1, 0.15) is 0 Å². The Kier molecular flexibility index (Phi) is 27.0. The van der Waals surface area contributed by atoms with Crippen LogP contribution in [-0.4, -0.2) is 11.6 Å². The molecule has 0 atom stereocenters. The summed E-state index contributed by atoms with van der Waals surface area (Å²) in [5, 5.41) is 6.76. The van der Waals surface area contributed by atoms with Crippen LogP contribution in [0.4, 0.5) is 0 Å². The molecule has 0 saturated heterocycles. The molecular formula is CHCrO2-. The molecule has 0 aliphatic carbocycles. The minimum atomic E-state index is 0. The van der Waals surface area contributed by atoms with Gasteiger partial charge in [-0.05, 0) is 0 Å². The van der Waals surface area contributed by atoms with Gasteiger partial charge in [-0.3, -0.25) is 0 Å². The van der Waals surface area contributed by atoms with Crippen molar-refractivity contribution in [1.82, 2.24) is 0 Å². The molecular weight excluding hydrogens is 96.0 g/mol. The molecule has 0 aliphatic rings. The van der Waals surface area contributed by atoms with E-state index in [0.717, 1.165) is 0 Å². The molecule has 0 bridgehead atoms. The molecule has 0 spiro atoms. The van der Waals surface area contributed by atoms with Crippen molar-refractivity contribution in [2.24, 2.45) is 0 Å². The van der Waals surface area contributed by atoms with Gasteiger partial charge in [-0.1, -0.05) is 6.47 Å². The number of hydrogen-bond acceptors (Lipinski definition) is 1. The minimum Gasteiger partial charge on any atom is -0.665 e. The fraction of sp³-hybridized carbons (Fsp3) is 0. The van der Waals surface area contributed by atoms with Crippen LogP contribution in [0.25, 0.3) is 0 Å². The average molecular weight is 97.0 g/mol. The Labute approximate surface area is 34.6 Å². The molecule has 1 N–H and O–H groups in total. The third kappa shape index (κ3) is 331000. The van der Waals surface area contributed by atoms with Gasteiger partial charge < -0.3 is 9.90 Å². The zero-order valence-corrected chi connectivity index (χ0v) is 3.04. The van der Waals surface area contributed by atoms with Crippen molar-refractivity contribution in [3.63, 3.8) is 0 Å². The molecule has 3 heteroatoms. The van der Waals surface area contributed by atoms with Crippen LogP contribution in [-0.2, 0) is 22.2 Å². The molecule has 0 aromatic rings. The van der Waals surface area contributed by atoms with Crippen LogP contribution in [0.1, 0.15) is 0 Å². The predicted octanol–water partition coefficient (Wildman–Crippen LogP) is -0.391. The normalized spacial score (nSPS) is 3.00. The summed E-state index contributed by atoms with van der Waals surface area (Å²) in [6.07, 6.45) is 0. The second-order valence-corrected chi connectivity index (χ2v) is 0.0913. The number of hydrogen-bond donors (Lipinski definition) is 1. The minimum absolute atomic E-state index is 0. The van der Waals surface area contributed by atoms with Crippen molar-refractivity contribution in [3.8, 4) is 0 Å². The fourth-order valence-corrected chi connectivity index (χ4v) is 0. The standard InChI is InChI=1S/CHO2.Cr/c2-1-3;/h(H,2,3);/q-1;. The van der Waals surface area contributed by atoms with Crippen LogP contribution >= 0.6 is 0 Å². The zero-order valence-electron chi connectivity index (χ0n) is 1.76. The summed E-state index contributed by atoms with van der Waals surface area (Å²) < 4.78 is 0. The zero-order chi connectivity index (χ0) is 2.71. The van der Waals surface area contributed by atoms with E-state index in [1.807, 2.05) is 0 Å². The molecule has 24 valence electrons. The van der Waals surface area contributed by atoms with E-state index in [0.29, 0.717) is 6.47 Å². The van der Waals surface area contributed by atoms with Gasteiger partial charge in [-0.2, -0.15) is 0 Å². The summed E-state index contributed by atoms with van der Waals surface area (Å²) in [4.78, 5) is 8.24. The molecule has 0 unspecified atom stereocenters. The topological polar surface area (TPSA) is 37.3 Å². The molecule has 0 rings (SSSR count). The van der Waals surface area contributed by atoms with Crippen molar-refractivity contribution in [1.29, 1.82) is 0 Å². The van der Waals surface area contributed by atoms with Gasteiger partial charge in [0.25, 0.3) is 0 Å². The van der Waals surface area contributed by atoms with E-state index < -0.39 is 0 Å². The molecule has 0 saturated carbocycles. The first-order valence-electron chi connectivity index (χ1n) is 0.428. The molecule has 2 nitrogen and oxygen atoms in total. The Morgan fingerprint density at radius 3 is 1.75 bits per heavy atom. The SMILES string of the molecule is O=[C-]O.[Cr]. The molecule has 0 heterocycles. The largest absolute Gasteiger partial charge is 0.665 e. The molecule has 0 fully saturated rings. The van der Waals surface area contributed by atoms with Crippen LogP contribution in [0.5, 0.6) is 0 Å². The van der Waals surface area contributed by atoms with Crippen LogP contribution in [0, 0.1) is 0 Å². The van der Waals surface area contributed by atoms with Gasteiger partial charge in [0.05, 0.1) is 0 Å². The Balaban J connectivity index is 0. The first-order valence-corrected chi connectivity index (χ1v) is 0.428. The van der Waals surface area contributed by atoms with E-state index in [1.165, 1.54) is 0 Å². The summed E-state index contributed by atoms with van der Waals surface area (Å²) in [7, 11) is 0. The van der Waals surface area contributed by atoms with E-state index in [9.17, 15) is 0 Å². The Morgan fingerprint density at radius 2 is 1.75 bits per heavy atom. The summed E-state index contributed by atoms with van der Waals surface area (Å²) >= 11 is 0. The van der Waals surface area contributed by atoms with Gasteiger partial charge in [0.15, 0.2) is 0 Å². The van der Waals surface area contributed by atoms with E-state index in [4.69, 9.17) is 9.90 Å². The van der Waals surface area contributed by atoms with Crippen molar-refractivity contribution in [3.05, 3.63) is 0 Å². The third-order valence-electron chi connectivity index (χ3n) is 0. The van der Waals surface area contributed by atoms with E-state index >= 15 is 0 Å². The van der Waals surface area contributed by atoms with E-state index in [1.54, 1.807) is 0 Å². The van der Waals surface area contributed by atoms with Crippen LogP contribution in [0.3, 0.4) is 0 Å². The quantitative estimate of drug-likeness (QED) is 0.418. The Bertz CT molecular complexity index is 13.5. The molecule has 0 amide bonds. The molecule has 0 aliphatic heterocycles. The monoisotopic (exact) mass is 96.9 g/mol. The van der Waals surface area contributed by atoms with E-state index in [-0.39, 0.29) is 17.4 Å². The second-order valence-electron chi connectivity index (χ2n) is 0.0913. The molecule has 4 heavy (non-hydrogen) atoms. The maximum atomic E-state index is 8.24. The summed E-state index contributed by atoms with van der Waals surface area (Å²) in [5.74, 6) is 0. The maximum Gasteiger partial charge on any atom is 0 e. The van der Waals surface area contributed by atoms with Gasteiger partial charge in [0, 0.05) is 17.4 Å². The van der Waals surface area contributed by atoms with Crippen LogP contribution in [0.15, 0.2) is 0 Å². The van der Waals surface area contributed by atoms with Crippen molar-refractivity contribution >= 4 is 6.47 Å². The van der Waals surface area contributed by atoms with Gasteiger partial charge in [-0.15, -0.1) is 0 Å². The number of rotatable bonds is 0. The average Bonchev–Trinajstić information content (AvgIpc) is 0.918. The van der Waals surface area contributed by atoms with Crippen molar-refractivity contribution in [2.45, 2.75) is 0 Å². The van der Waals surface area contributed by atoms with Crippen LogP contribution in [0.2, 0.25) is 0 Å². The predicted molar refractivity (Wildman–Crippen MR) is 8.32 cm³/mol. The smallest absolute Gasteiger partial charge is 0 e. The third-order valence-corrected chi connectivity index (χ3v) is 0. The summed E-state index contributed by atoms with van der Waals surface area (Å²) in [6, 6.07) is 0. The van der Waals surface area contributed by atoms with Crippen molar-refractivity contribution in [2.75, 3.05) is 0 Å².